The van der Waals surface area contributed by atoms with Gasteiger partial charge in [0.15, 0.2) is 16.6 Å². The highest BCUT2D eigenvalue weighted by atomic mass is 32.1. The summed E-state index contributed by atoms with van der Waals surface area (Å²) in [5.41, 5.74) is 5.17. The number of aryl methyl sites for hydroxylation is 3. The van der Waals surface area contributed by atoms with Crippen molar-refractivity contribution < 1.29 is 0 Å². The van der Waals surface area contributed by atoms with Gasteiger partial charge >= 0.3 is 0 Å². The molecule has 2 N–H and O–H groups in total. The summed E-state index contributed by atoms with van der Waals surface area (Å²) in [6.07, 6.45) is 15.5. The summed E-state index contributed by atoms with van der Waals surface area (Å²) in [5, 5.41) is 7.56. The number of allylic oxidation sites excluding steroid dienone is 5. The molecule has 1 aromatic carbocycles. The molecule has 4 rings (SSSR count). The molecule has 4 aromatic rings. The first kappa shape index (κ1) is 26.8. The van der Waals surface area contributed by atoms with Gasteiger partial charge in [-0.15, -0.1) is 0 Å². The number of imidazole rings is 1. The third-order valence-corrected chi connectivity index (χ3v) is 6.54. The van der Waals surface area contributed by atoms with Gasteiger partial charge < -0.3 is 15.2 Å². The summed E-state index contributed by atoms with van der Waals surface area (Å²) in [6.45, 7) is 10.3. The van der Waals surface area contributed by atoms with Crippen molar-refractivity contribution in [2.45, 2.75) is 47.5 Å². The first-order valence-corrected chi connectivity index (χ1v) is 13.0. The molecule has 0 aliphatic heterocycles. The van der Waals surface area contributed by atoms with Crippen LogP contribution < -0.4 is 10.6 Å². The minimum Gasteiger partial charge on any atom is -0.339 e. The number of nitrogens with one attached hydrogen (secondary N) is 2. The van der Waals surface area contributed by atoms with Crippen LogP contribution >= 0.6 is 11.3 Å². The SMILES string of the molecule is CCc1nccn1C.C\C=C(C)/C=C\C(=C/C)Nc1nc2ncnc(Nc3cccc(CC)c3)c2s1. The lowest BCUT2D eigenvalue weighted by atomic mass is 10.1. The topological polar surface area (TPSA) is 80.6 Å². The summed E-state index contributed by atoms with van der Waals surface area (Å²) in [4.78, 5) is 17.5. The number of rotatable bonds is 8. The van der Waals surface area contributed by atoms with Crippen LogP contribution in [0.1, 0.15) is 46.0 Å². The van der Waals surface area contributed by atoms with E-state index in [1.165, 1.54) is 22.5 Å². The van der Waals surface area contributed by atoms with Crippen LogP contribution in [0.4, 0.5) is 16.6 Å². The first-order valence-electron chi connectivity index (χ1n) is 12.1. The van der Waals surface area contributed by atoms with E-state index in [2.05, 4.69) is 81.7 Å². The smallest absolute Gasteiger partial charge is 0.189 e. The van der Waals surface area contributed by atoms with E-state index in [4.69, 9.17) is 0 Å². The van der Waals surface area contributed by atoms with Gasteiger partial charge in [-0.2, -0.15) is 4.98 Å². The molecule has 8 heteroatoms. The van der Waals surface area contributed by atoms with Crippen LogP contribution in [-0.4, -0.2) is 24.5 Å². The molecule has 0 spiro atoms. The van der Waals surface area contributed by atoms with E-state index >= 15 is 0 Å². The third kappa shape index (κ3) is 7.36. The van der Waals surface area contributed by atoms with Crippen LogP contribution in [-0.2, 0) is 19.9 Å². The van der Waals surface area contributed by atoms with E-state index in [0.717, 1.165) is 45.7 Å². The highest BCUT2D eigenvalue weighted by molar-refractivity contribution is 7.22. The van der Waals surface area contributed by atoms with Gasteiger partial charge in [0, 0.05) is 37.2 Å². The third-order valence-electron chi connectivity index (χ3n) is 5.57. The van der Waals surface area contributed by atoms with Gasteiger partial charge in [-0.1, -0.05) is 61.1 Å². The zero-order valence-corrected chi connectivity index (χ0v) is 22.7. The number of aromatic nitrogens is 5. The monoisotopic (exact) mass is 501 g/mol. The fraction of sp³-hybridized carbons (Fsp3) is 0.286. The lowest BCUT2D eigenvalue weighted by molar-refractivity contribution is 0.808. The van der Waals surface area contributed by atoms with E-state index in [1.807, 2.05) is 56.1 Å². The summed E-state index contributed by atoms with van der Waals surface area (Å²) >= 11 is 1.54. The zero-order chi connectivity index (χ0) is 25.9. The maximum absolute atomic E-state index is 4.61. The van der Waals surface area contributed by atoms with Gasteiger partial charge in [0.25, 0.3) is 0 Å². The molecule has 0 aliphatic carbocycles. The summed E-state index contributed by atoms with van der Waals surface area (Å²) in [6, 6.07) is 8.35. The quantitative estimate of drug-likeness (QED) is 0.248. The second-order valence-electron chi connectivity index (χ2n) is 8.12. The maximum atomic E-state index is 4.61. The van der Waals surface area contributed by atoms with Crippen molar-refractivity contribution in [1.29, 1.82) is 0 Å². The van der Waals surface area contributed by atoms with Crippen molar-refractivity contribution in [2.24, 2.45) is 7.05 Å². The molecule has 0 radical (unpaired) electrons. The van der Waals surface area contributed by atoms with Gasteiger partial charge in [0.1, 0.15) is 16.9 Å². The van der Waals surface area contributed by atoms with Gasteiger partial charge in [-0.05, 0) is 51.0 Å². The largest absolute Gasteiger partial charge is 0.339 e. The Balaban J connectivity index is 0.000000383. The molecule has 0 bridgehead atoms. The van der Waals surface area contributed by atoms with Gasteiger partial charge in [0.2, 0.25) is 0 Å². The molecular weight excluding hydrogens is 466 g/mol. The Morgan fingerprint density at radius 1 is 1.06 bits per heavy atom. The van der Waals surface area contributed by atoms with Crippen molar-refractivity contribution >= 4 is 38.3 Å². The second-order valence-corrected chi connectivity index (χ2v) is 9.11. The number of hydrogen-bond acceptors (Lipinski definition) is 7. The van der Waals surface area contributed by atoms with E-state index < -0.39 is 0 Å². The minimum atomic E-state index is 0.681. The molecule has 36 heavy (non-hydrogen) atoms. The summed E-state index contributed by atoms with van der Waals surface area (Å²) < 4.78 is 2.95. The number of hydrogen-bond donors (Lipinski definition) is 2. The number of anilines is 3. The number of nitrogens with zero attached hydrogens (tertiary/aromatic N) is 5. The van der Waals surface area contributed by atoms with Crippen LogP contribution in [0.3, 0.4) is 0 Å². The Morgan fingerprint density at radius 2 is 1.89 bits per heavy atom. The highest BCUT2D eigenvalue weighted by Crippen LogP contribution is 2.32. The van der Waals surface area contributed by atoms with Crippen LogP contribution in [0.5, 0.6) is 0 Å². The van der Waals surface area contributed by atoms with Crippen molar-refractivity contribution in [3.05, 3.63) is 89.9 Å². The molecule has 3 heterocycles. The Bertz CT molecular complexity index is 1360. The predicted octanol–water partition coefficient (Wildman–Crippen LogP) is 7.21. The van der Waals surface area contributed by atoms with Gasteiger partial charge in [-0.25, -0.2) is 15.0 Å². The molecule has 0 aliphatic rings. The molecule has 0 amide bonds. The molecular formula is C28H35N7S. The predicted molar refractivity (Wildman–Crippen MR) is 153 cm³/mol. The van der Waals surface area contributed by atoms with Crippen molar-refractivity contribution in [3.63, 3.8) is 0 Å². The zero-order valence-electron chi connectivity index (χ0n) is 21.9. The van der Waals surface area contributed by atoms with E-state index in [0.29, 0.717) is 5.65 Å². The lowest BCUT2D eigenvalue weighted by Gasteiger charge is -2.07. The number of benzene rings is 1. The summed E-state index contributed by atoms with van der Waals surface area (Å²) in [7, 11) is 2.01. The molecule has 0 fully saturated rings. The fourth-order valence-corrected chi connectivity index (χ4v) is 4.17. The standard InChI is InChI=1S/C22H25N5S.C6H10N2/c1-5-15(4)11-12-17(7-3)26-22-27-21-19(28-22)20(23-14-24-21)25-18-10-8-9-16(6-2)13-18;1-3-6-7-4-5-8(6)2/h5,7-14H,6H2,1-4H3,(H2,23,24,25,26,27);4-5H,3H2,1-2H3/b12-11-,15-5-,17-7+;. The molecule has 0 saturated carbocycles. The molecule has 3 aromatic heterocycles. The average molecular weight is 502 g/mol. The molecule has 188 valence electrons. The Hall–Kier alpha value is -3.78. The maximum Gasteiger partial charge on any atom is 0.189 e. The number of thiazole rings is 1. The van der Waals surface area contributed by atoms with E-state index in [1.54, 1.807) is 6.33 Å². The lowest BCUT2D eigenvalue weighted by Crippen LogP contribution is -1.96. The first-order chi connectivity index (χ1) is 17.5. The van der Waals surface area contributed by atoms with Crippen LogP contribution in [0.25, 0.3) is 10.3 Å². The van der Waals surface area contributed by atoms with E-state index in [9.17, 15) is 0 Å². The van der Waals surface area contributed by atoms with Crippen molar-refractivity contribution in [3.8, 4) is 0 Å². The van der Waals surface area contributed by atoms with Crippen LogP contribution in [0.15, 0.2) is 78.6 Å². The average Bonchev–Trinajstić information content (AvgIpc) is 3.52. The fourth-order valence-electron chi connectivity index (χ4n) is 3.29. The van der Waals surface area contributed by atoms with Gasteiger partial charge in [0.05, 0.1) is 0 Å². The van der Waals surface area contributed by atoms with Crippen LogP contribution in [0.2, 0.25) is 0 Å². The molecule has 7 nitrogen and oxygen atoms in total. The Morgan fingerprint density at radius 3 is 2.53 bits per heavy atom. The van der Waals surface area contributed by atoms with Gasteiger partial charge in [-0.3, -0.25) is 0 Å². The molecule has 0 unspecified atom stereocenters. The Labute approximate surface area is 217 Å². The molecule has 0 atom stereocenters. The highest BCUT2D eigenvalue weighted by Gasteiger charge is 2.11. The normalized spacial score (nSPS) is 12.1. The number of fused-ring (bicyclic) bond motifs is 1. The summed E-state index contributed by atoms with van der Waals surface area (Å²) in [5.74, 6) is 1.91. The Kier molecular flexibility index (Phi) is 9.94. The van der Waals surface area contributed by atoms with Crippen molar-refractivity contribution in [2.75, 3.05) is 10.6 Å². The van der Waals surface area contributed by atoms with Crippen LogP contribution in [0, 0.1) is 0 Å². The van der Waals surface area contributed by atoms with Crippen molar-refractivity contribution in [1.82, 2.24) is 24.5 Å². The molecule has 0 saturated heterocycles. The minimum absolute atomic E-state index is 0.681. The second kappa shape index (κ2) is 13.3. The van der Waals surface area contributed by atoms with E-state index in [-0.39, 0.29) is 0 Å².